The van der Waals surface area contributed by atoms with E-state index in [1.807, 2.05) is 45.0 Å². The zero-order chi connectivity index (χ0) is 57.7. The third-order valence-electron chi connectivity index (χ3n) is 15.6. The molecular weight excluding hydrogens is 1060 g/mol. The summed E-state index contributed by atoms with van der Waals surface area (Å²) in [4.78, 5) is 4.90. The minimum atomic E-state index is 0.0928. The van der Waals surface area contributed by atoms with Crippen molar-refractivity contribution in [2.24, 2.45) is 0 Å². The van der Waals surface area contributed by atoms with Gasteiger partial charge in [0.2, 0.25) is 0 Å². The Morgan fingerprint density at radius 1 is 0.353 bits per heavy atom. The number of hydrogen-bond acceptors (Lipinski definition) is 11. The predicted molar refractivity (Wildman–Crippen MR) is 342 cm³/mol. The number of para-hydroxylation sites is 2. The van der Waals surface area contributed by atoms with Gasteiger partial charge in [-0.1, -0.05) is 60.7 Å². The van der Waals surface area contributed by atoms with Crippen LogP contribution < -0.4 is 24.0 Å². The summed E-state index contributed by atoms with van der Waals surface area (Å²) < 4.78 is 56.3. The molecule has 0 spiro atoms. The molecule has 13 nitrogen and oxygen atoms in total. The van der Waals surface area contributed by atoms with E-state index in [1.165, 1.54) is 22.0 Å². The Kier molecular flexibility index (Phi) is 18.5. The Bertz CT molecular complexity index is 3710. The van der Waals surface area contributed by atoms with Crippen molar-refractivity contribution >= 4 is 72.0 Å². The monoisotopic (exact) mass is 1140 g/mol. The molecule has 2 unspecified atom stereocenters. The molecule has 0 saturated heterocycles. The summed E-state index contributed by atoms with van der Waals surface area (Å²) in [5.41, 5.74) is 13.2. The average Bonchev–Trinajstić information content (AvgIpc) is 2.29. The molecule has 0 bridgehead atoms. The van der Waals surface area contributed by atoms with Crippen LogP contribution in [0.1, 0.15) is 32.3 Å². The molecule has 2 aromatic heterocycles. The second-order valence-corrected chi connectivity index (χ2v) is 20.8. The lowest BCUT2D eigenvalue weighted by Crippen LogP contribution is -2.28. The molecule has 12 rings (SSSR count). The Morgan fingerprint density at radius 3 is 1.21 bits per heavy atom. The summed E-state index contributed by atoms with van der Waals surface area (Å²) in [6.45, 7) is 14.3. The maximum absolute atomic E-state index is 6.10. The molecule has 0 N–H and O–H groups in total. The molecule has 436 valence electrons. The second-order valence-electron chi connectivity index (χ2n) is 20.8. The number of allylic oxidation sites excluding steroid dienone is 2. The van der Waals surface area contributed by atoms with Crippen LogP contribution in [0.3, 0.4) is 0 Å². The lowest BCUT2D eigenvalue weighted by molar-refractivity contribution is 0.0405. The molecule has 10 aromatic rings. The van der Waals surface area contributed by atoms with Crippen molar-refractivity contribution in [1.82, 2.24) is 9.13 Å². The minimum absolute atomic E-state index is 0.0928. The highest BCUT2D eigenvalue weighted by atomic mass is 16.6. The maximum Gasteiger partial charge on any atom is 0.119 e. The number of aromatic nitrogens is 2. The summed E-state index contributed by atoms with van der Waals surface area (Å²) in [5.74, 6) is 2.52. The van der Waals surface area contributed by atoms with Gasteiger partial charge in [-0.05, 0) is 166 Å². The Morgan fingerprint density at radius 2 is 0.741 bits per heavy atom. The first-order valence-corrected chi connectivity index (χ1v) is 29.9. The molecule has 2 atom stereocenters. The fourth-order valence-corrected chi connectivity index (χ4v) is 11.8. The van der Waals surface area contributed by atoms with Crippen LogP contribution in [0.15, 0.2) is 200 Å². The number of nitrogens with zero attached hydrogens (tertiary/aromatic N) is 4. The highest BCUT2D eigenvalue weighted by molar-refractivity contribution is 6.12. The van der Waals surface area contributed by atoms with Gasteiger partial charge in [-0.15, -0.1) is 0 Å². The highest BCUT2D eigenvalue weighted by Crippen LogP contribution is 2.51. The molecule has 13 heteroatoms. The lowest BCUT2D eigenvalue weighted by Gasteiger charge is -2.29. The van der Waals surface area contributed by atoms with Gasteiger partial charge in [0.25, 0.3) is 0 Å². The van der Waals surface area contributed by atoms with Gasteiger partial charge in [0, 0.05) is 87.1 Å². The zero-order valence-corrected chi connectivity index (χ0v) is 48.8. The first-order chi connectivity index (χ1) is 42.1. The van der Waals surface area contributed by atoms with Crippen LogP contribution in [0.25, 0.3) is 55.0 Å². The predicted octanol–water partition coefficient (Wildman–Crippen LogP) is 15.4. The van der Waals surface area contributed by atoms with Crippen molar-refractivity contribution in [3.8, 4) is 28.6 Å². The Balaban J connectivity index is 0.907. The molecule has 1 aliphatic carbocycles. The first kappa shape index (κ1) is 57.1. The van der Waals surface area contributed by atoms with E-state index in [2.05, 4.69) is 195 Å². The number of fused-ring (bicyclic) bond motifs is 9. The molecule has 85 heavy (non-hydrogen) atoms. The van der Waals surface area contributed by atoms with Crippen LogP contribution in [0.5, 0.6) is 17.2 Å². The van der Waals surface area contributed by atoms with E-state index in [9.17, 15) is 0 Å². The Hall–Kier alpha value is -8.40. The third kappa shape index (κ3) is 12.6. The quantitative estimate of drug-likeness (QED) is 0.0403. The second kappa shape index (κ2) is 27.5. The third-order valence-corrected chi connectivity index (χ3v) is 15.6. The lowest BCUT2D eigenvalue weighted by atomic mass is 9.91. The van der Waals surface area contributed by atoms with Gasteiger partial charge in [0.1, 0.15) is 37.1 Å². The molecule has 0 fully saturated rings. The van der Waals surface area contributed by atoms with Gasteiger partial charge < -0.3 is 61.6 Å². The van der Waals surface area contributed by atoms with Crippen LogP contribution in [-0.4, -0.2) is 114 Å². The average molecular weight is 1140 g/mol. The van der Waals surface area contributed by atoms with E-state index < -0.39 is 0 Å². The zero-order valence-electron chi connectivity index (χ0n) is 48.8. The summed E-state index contributed by atoms with van der Waals surface area (Å²) in [6, 6.07) is 63.4. The summed E-state index contributed by atoms with van der Waals surface area (Å²) in [5, 5.41) is 4.63. The van der Waals surface area contributed by atoms with Crippen LogP contribution >= 0.6 is 0 Å². The minimum Gasteiger partial charge on any atom is -0.491 e. The fourth-order valence-electron chi connectivity index (χ4n) is 11.8. The topological polar surface area (TPSA) is 99.4 Å². The van der Waals surface area contributed by atoms with Crippen LogP contribution in [0.4, 0.5) is 28.4 Å². The smallest absolute Gasteiger partial charge is 0.119 e. The molecule has 1 aliphatic heterocycles. The standard InChI is InChI=1S/C72H74N4O9/c1-4-77-37-40-80-43-46-83-58-28-19-52(20-29-58)74-67-16-10-7-13-61(67)64-49-55(25-34-70(64)74)73(56-26-35-71-65(50-56)62-14-8-11-17-68(62)75(71)53-21-30-59(31-22-53)84-47-44-81-41-38-78-5-2)57-27-36-72-66(51-57)63-15-9-12-18-69(63)76(72)54-23-32-60(33-24-54)85-48-45-82-42-39-79-6-3/h7-36,49-51,61,67H,4-6,37-48H2,1-3H3. The largest absolute Gasteiger partial charge is 0.491 e. The number of rotatable bonds is 30. The molecule has 0 amide bonds. The van der Waals surface area contributed by atoms with E-state index >= 15 is 0 Å². The van der Waals surface area contributed by atoms with Gasteiger partial charge in [-0.2, -0.15) is 0 Å². The fraction of sp³-hybridized carbons (Fsp3) is 0.278. The SMILES string of the molecule is CCOCCOCCOc1ccc(N2c3ccc(N(c4ccc5c(c4)c4ccccc4n5-c4ccc(OCCOCCOCC)cc4)c4ccc5c(c4)c4ccccc4n5-c4ccc(OCCOCCOCC)cc4)cc3C3C=CC=CC32)cc1. The molecule has 0 saturated carbocycles. The van der Waals surface area contributed by atoms with Crippen LogP contribution in [0, 0.1) is 0 Å². The normalized spacial score (nSPS) is 14.5. The maximum atomic E-state index is 6.10. The summed E-state index contributed by atoms with van der Waals surface area (Å²) >= 11 is 0. The number of ether oxygens (including phenoxy) is 9. The van der Waals surface area contributed by atoms with E-state index in [-0.39, 0.29) is 12.0 Å². The molecule has 3 heterocycles. The van der Waals surface area contributed by atoms with E-state index in [4.69, 9.17) is 42.6 Å². The van der Waals surface area contributed by atoms with E-state index in [0.29, 0.717) is 99.1 Å². The van der Waals surface area contributed by atoms with Gasteiger partial charge in [-0.3, -0.25) is 0 Å². The van der Waals surface area contributed by atoms with Crippen LogP contribution in [0.2, 0.25) is 0 Å². The summed E-state index contributed by atoms with van der Waals surface area (Å²) in [7, 11) is 0. The number of anilines is 5. The highest BCUT2D eigenvalue weighted by Gasteiger charge is 2.38. The molecular formula is C72H74N4O9. The van der Waals surface area contributed by atoms with Crippen molar-refractivity contribution in [1.29, 1.82) is 0 Å². The van der Waals surface area contributed by atoms with Gasteiger partial charge in [-0.25, -0.2) is 0 Å². The molecule has 0 radical (unpaired) electrons. The van der Waals surface area contributed by atoms with Crippen molar-refractivity contribution in [3.63, 3.8) is 0 Å². The van der Waals surface area contributed by atoms with E-state index in [0.717, 1.165) is 84.2 Å². The van der Waals surface area contributed by atoms with Gasteiger partial charge in [0.15, 0.2) is 0 Å². The first-order valence-electron chi connectivity index (χ1n) is 29.9. The van der Waals surface area contributed by atoms with Crippen molar-refractivity contribution < 1.29 is 42.6 Å². The van der Waals surface area contributed by atoms with E-state index in [1.54, 1.807) is 0 Å². The Labute approximate surface area is 497 Å². The molecule has 8 aromatic carbocycles. The van der Waals surface area contributed by atoms with Gasteiger partial charge in [0.05, 0.1) is 87.6 Å². The van der Waals surface area contributed by atoms with Crippen molar-refractivity contribution in [3.05, 3.63) is 206 Å². The summed E-state index contributed by atoms with van der Waals surface area (Å²) in [6.07, 6.45) is 9.03. The number of hydrogen-bond donors (Lipinski definition) is 0. The van der Waals surface area contributed by atoms with Crippen molar-refractivity contribution in [2.75, 3.05) is 109 Å². The van der Waals surface area contributed by atoms with Crippen molar-refractivity contribution in [2.45, 2.75) is 32.7 Å². The molecule has 2 aliphatic rings. The van der Waals surface area contributed by atoms with Gasteiger partial charge >= 0.3 is 0 Å². The number of benzene rings is 8. The van der Waals surface area contributed by atoms with Crippen LogP contribution in [-0.2, 0) is 28.4 Å².